The van der Waals surface area contributed by atoms with E-state index in [1.54, 1.807) is 6.20 Å². The summed E-state index contributed by atoms with van der Waals surface area (Å²) in [6, 6.07) is 5.57. The van der Waals surface area contributed by atoms with E-state index in [9.17, 15) is 22.4 Å². The molecular weight excluding hydrogens is 346 g/mol. The number of nitrogens with zero attached hydrogens (tertiary/aromatic N) is 2. The van der Waals surface area contributed by atoms with Gasteiger partial charge in [0.2, 0.25) is 0 Å². The number of fused-ring (bicyclic) bond motifs is 1. The first-order chi connectivity index (χ1) is 10.6. The summed E-state index contributed by atoms with van der Waals surface area (Å²) in [7, 11) is 0. The van der Waals surface area contributed by atoms with Gasteiger partial charge in [-0.05, 0) is 12.1 Å². The minimum absolute atomic E-state index is 0.160. The molecule has 1 unspecified atom stereocenters. The number of alkyl halides is 5. The molecule has 126 valence electrons. The SMILES string of the molecule is O=C(NCc1cn2ccccc2n1)C(F)Cl.O=C(O)C(F)(F)F. The average Bonchev–Trinajstić information content (AvgIpc) is 2.87. The van der Waals surface area contributed by atoms with E-state index in [-0.39, 0.29) is 6.54 Å². The van der Waals surface area contributed by atoms with Gasteiger partial charge in [-0.25, -0.2) is 14.2 Å². The third-order valence-corrected chi connectivity index (χ3v) is 2.50. The van der Waals surface area contributed by atoms with Gasteiger partial charge in [-0.2, -0.15) is 13.2 Å². The summed E-state index contributed by atoms with van der Waals surface area (Å²) < 4.78 is 45.9. The van der Waals surface area contributed by atoms with Gasteiger partial charge in [0.1, 0.15) is 5.65 Å². The number of amides is 1. The molecule has 0 fully saturated rings. The van der Waals surface area contributed by atoms with Crippen molar-refractivity contribution in [1.29, 1.82) is 0 Å². The van der Waals surface area contributed by atoms with E-state index in [0.29, 0.717) is 5.69 Å². The molecule has 1 amide bonds. The molecule has 1 atom stereocenters. The van der Waals surface area contributed by atoms with Crippen LogP contribution in [0.5, 0.6) is 0 Å². The second-order valence-corrected chi connectivity index (χ2v) is 4.40. The molecule has 0 saturated carbocycles. The van der Waals surface area contributed by atoms with Crippen molar-refractivity contribution in [2.45, 2.75) is 18.4 Å². The summed E-state index contributed by atoms with van der Waals surface area (Å²) in [6.45, 7) is 0.160. The molecule has 0 aliphatic rings. The van der Waals surface area contributed by atoms with Crippen molar-refractivity contribution in [1.82, 2.24) is 14.7 Å². The van der Waals surface area contributed by atoms with Crippen molar-refractivity contribution >= 4 is 29.1 Å². The molecule has 0 saturated heterocycles. The van der Waals surface area contributed by atoms with Gasteiger partial charge in [0, 0.05) is 12.4 Å². The molecule has 2 rings (SSSR count). The quantitative estimate of drug-likeness (QED) is 0.652. The van der Waals surface area contributed by atoms with Crippen LogP contribution in [-0.2, 0) is 16.1 Å². The lowest BCUT2D eigenvalue weighted by atomic mass is 10.4. The van der Waals surface area contributed by atoms with E-state index >= 15 is 0 Å². The molecule has 0 radical (unpaired) electrons. The molecule has 0 aliphatic heterocycles. The lowest BCUT2D eigenvalue weighted by Crippen LogP contribution is -2.28. The number of hydrogen-bond acceptors (Lipinski definition) is 3. The van der Waals surface area contributed by atoms with Crippen molar-refractivity contribution < 1.29 is 32.3 Å². The van der Waals surface area contributed by atoms with E-state index < -0.39 is 23.7 Å². The maximum atomic E-state index is 12.3. The highest BCUT2D eigenvalue weighted by molar-refractivity contribution is 6.29. The fourth-order valence-corrected chi connectivity index (χ4v) is 1.40. The molecule has 2 aromatic heterocycles. The Morgan fingerprint density at radius 1 is 1.39 bits per heavy atom. The van der Waals surface area contributed by atoms with Crippen LogP contribution >= 0.6 is 11.6 Å². The van der Waals surface area contributed by atoms with E-state index in [4.69, 9.17) is 21.5 Å². The van der Waals surface area contributed by atoms with Gasteiger partial charge in [-0.3, -0.25) is 4.79 Å². The normalized spacial score (nSPS) is 12.2. The molecular formula is C12H10ClF4N3O3. The predicted molar refractivity (Wildman–Crippen MR) is 71.5 cm³/mol. The van der Waals surface area contributed by atoms with Crippen LogP contribution in [0.4, 0.5) is 17.6 Å². The third kappa shape index (κ3) is 6.10. The number of aliphatic carboxylic acids is 1. The number of rotatable bonds is 3. The Bertz CT molecular complexity index is 654. The zero-order chi connectivity index (χ0) is 17.6. The standard InChI is InChI=1S/C10H9ClFN3O.C2HF3O2/c11-9(12)10(16)13-5-7-6-15-4-2-1-3-8(15)14-7;3-2(4,5)1(6)7/h1-4,6,9H,5H2,(H,13,16);(H,6,7). The second-order valence-electron chi connectivity index (χ2n) is 4.02. The number of hydrogen-bond donors (Lipinski definition) is 2. The van der Waals surface area contributed by atoms with E-state index in [0.717, 1.165) is 5.65 Å². The maximum Gasteiger partial charge on any atom is 0.490 e. The minimum Gasteiger partial charge on any atom is -0.475 e. The molecule has 2 aromatic rings. The summed E-state index contributed by atoms with van der Waals surface area (Å²) >= 11 is 4.97. The first-order valence-corrected chi connectivity index (χ1v) is 6.33. The number of halogens is 5. The lowest BCUT2D eigenvalue weighted by molar-refractivity contribution is -0.192. The Labute approximate surface area is 131 Å². The van der Waals surface area contributed by atoms with Crippen molar-refractivity contribution in [3.8, 4) is 0 Å². The van der Waals surface area contributed by atoms with Crippen LogP contribution in [0.25, 0.3) is 5.65 Å². The molecule has 2 N–H and O–H groups in total. The largest absolute Gasteiger partial charge is 0.490 e. The van der Waals surface area contributed by atoms with Crippen LogP contribution in [0.1, 0.15) is 5.69 Å². The fraction of sp³-hybridized carbons (Fsp3) is 0.250. The van der Waals surface area contributed by atoms with Crippen LogP contribution in [0.15, 0.2) is 30.6 Å². The highest BCUT2D eigenvalue weighted by Crippen LogP contribution is 2.13. The number of carbonyl (C=O) groups is 2. The third-order valence-electron chi connectivity index (χ3n) is 2.30. The highest BCUT2D eigenvalue weighted by Gasteiger charge is 2.38. The topological polar surface area (TPSA) is 83.7 Å². The van der Waals surface area contributed by atoms with Crippen LogP contribution in [0.3, 0.4) is 0 Å². The fourth-order valence-electron chi connectivity index (χ4n) is 1.33. The first kappa shape index (κ1) is 18.7. The smallest absolute Gasteiger partial charge is 0.475 e. The van der Waals surface area contributed by atoms with E-state index in [1.165, 1.54) is 0 Å². The van der Waals surface area contributed by atoms with Gasteiger partial charge in [0.05, 0.1) is 12.2 Å². The summed E-state index contributed by atoms with van der Waals surface area (Å²) in [5.41, 5.74) is -0.594. The van der Waals surface area contributed by atoms with Gasteiger partial charge < -0.3 is 14.8 Å². The molecule has 0 aromatic carbocycles. The summed E-state index contributed by atoms with van der Waals surface area (Å²) in [4.78, 5) is 24.0. The van der Waals surface area contributed by atoms with Crippen molar-refractivity contribution in [2.75, 3.05) is 0 Å². The zero-order valence-electron chi connectivity index (χ0n) is 11.2. The molecule has 0 bridgehead atoms. The molecule has 6 nitrogen and oxygen atoms in total. The van der Waals surface area contributed by atoms with Crippen LogP contribution in [0, 0.1) is 0 Å². The Morgan fingerprint density at radius 2 is 2.00 bits per heavy atom. The van der Waals surface area contributed by atoms with E-state index in [1.807, 2.05) is 28.8 Å². The second kappa shape index (κ2) is 7.77. The Kier molecular flexibility index (Phi) is 6.31. The zero-order valence-corrected chi connectivity index (χ0v) is 12.0. The number of aromatic nitrogens is 2. The van der Waals surface area contributed by atoms with Crippen molar-refractivity contribution in [3.05, 3.63) is 36.3 Å². The Hall–Kier alpha value is -2.36. The van der Waals surface area contributed by atoms with E-state index in [2.05, 4.69) is 10.3 Å². The number of imidazole rings is 1. The van der Waals surface area contributed by atoms with Crippen LogP contribution < -0.4 is 5.32 Å². The van der Waals surface area contributed by atoms with Crippen molar-refractivity contribution in [2.24, 2.45) is 0 Å². The van der Waals surface area contributed by atoms with Crippen LogP contribution in [-0.4, -0.2) is 38.2 Å². The monoisotopic (exact) mass is 355 g/mol. The molecule has 2 heterocycles. The number of carboxylic acid groups (broad SMARTS) is 1. The Balaban J connectivity index is 0.000000322. The molecule has 0 spiro atoms. The van der Waals surface area contributed by atoms with Crippen LogP contribution in [0.2, 0.25) is 0 Å². The molecule has 23 heavy (non-hydrogen) atoms. The van der Waals surface area contributed by atoms with Gasteiger partial charge in [-0.15, -0.1) is 0 Å². The summed E-state index contributed by atoms with van der Waals surface area (Å²) in [6.07, 6.45) is -1.48. The van der Waals surface area contributed by atoms with Gasteiger partial charge in [0.25, 0.3) is 11.5 Å². The summed E-state index contributed by atoms with van der Waals surface area (Å²) in [5, 5.41) is 9.46. The molecule has 0 aliphatic carbocycles. The van der Waals surface area contributed by atoms with Gasteiger partial charge in [-0.1, -0.05) is 17.7 Å². The number of carboxylic acids is 1. The lowest BCUT2D eigenvalue weighted by Gasteiger charge is -2.01. The maximum absolute atomic E-state index is 12.3. The van der Waals surface area contributed by atoms with Crippen molar-refractivity contribution in [3.63, 3.8) is 0 Å². The number of carbonyl (C=O) groups excluding carboxylic acids is 1. The minimum atomic E-state index is -5.08. The predicted octanol–water partition coefficient (Wildman–Crippen LogP) is 2.12. The average molecular weight is 356 g/mol. The molecule has 11 heteroatoms. The van der Waals surface area contributed by atoms with Gasteiger partial charge in [0.15, 0.2) is 0 Å². The summed E-state index contributed by atoms with van der Waals surface area (Å²) in [5.74, 6) is -3.61. The number of pyridine rings is 1. The van der Waals surface area contributed by atoms with Gasteiger partial charge >= 0.3 is 12.1 Å². The first-order valence-electron chi connectivity index (χ1n) is 5.90. The number of nitrogens with one attached hydrogen (secondary N) is 1. The highest BCUT2D eigenvalue weighted by atomic mass is 35.5. The Morgan fingerprint density at radius 3 is 2.48 bits per heavy atom.